The van der Waals surface area contributed by atoms with Gasteiger partial charge in [-0.2, -0.15) is 4.68 Å². The molecule has 1 saturated heterocycles. The van der Waals surface area contributed by atoms with Gasteiger partial charge >= 0.3 is 12.5 Å². The summed E-state index contributed by atoms with van der Waals surface area (Å²) in [5, 5.41) is 8.10. The van der Waals surface area contributed by atoms with Crippen molar-refractivity contribution < 1.29 is 32.2 Å². The number of hydrogen-bond acceptors (Lipinski definition) is 7. The van der Waals surface area contributed by atoms with Crippen LogP contribution in [0.3, 0.4) is 0 Å². The number of nitrogens with zero attached hydrogens (tertiary/aromatic N) is 4. The number of fused-ring (bicyclic) bond motifs is 1. The van der Waals surface area contributed by atoms with E-state index in [1.165, 1.54) is 35.2 Å². The van der Waals surface area contributed by atoms with Crippen LogP contribution in [-0.2, 0) is 9.53 Å². The van der Waals surface area contributed by atoms with E-state index in [-0.39, 0.29) is 48.6 Å². The zero-order chi connectivity index (χ0) is 24.5. The van der Waals surface area contributed by atoms with Gasteiger partial charge in [-0.3, -0.25) is 9.59 Å². The first-order valence-electron chi connectivity index (χ1n) is 10.4. The van der Waals surface area contributed by atoms with Crippen molar-refractivity contribution in [3.8, 4) is 16.9 Å². The summed E-state index contributed by atoms with van der Waals surface area (Å²) in [6.07, 6.45) is -5.34. The highest BCUT2D eigenvalue weighted by molar-refractivity contribution is 5.86. The molecule has 1 unspecified atom stereocenters. The normalized spacial score (nSPS) is 16.5. The Balaban J connectivity index is 1.66. The Morgan fingerprint density at radius 3 is 2.50 bits per heavy atom. The van der Waals surface area contributed by atoms with Crippen LogP contribution >= 0.6 is 0 Å². The van der Waals surface area contributed by atoms with Gasteiger partial charge in [0.2, 0.25) is 0 Å². The molecule has 9 nitrogen and oxygen atoms in total. The van der Waals surface area contributed by atoms with Gasteiger partial charge in [-0.1, -0.05) is 23.4 Å². The van der Waals surface area contributed by atoms with Crippen molar-refractivity contribution in [2.75, 3.05) is 19.7 Å². The number of ketones is 1. The number of aromatic nitrogens is 3. The van der Waals surface area contributed by atoms with Gasteiger partial charge in [0.15, 0.2) is 5.78 Å². The maximum absolute atomic E-state index is 13.2. The van der Waals surface area contributed by atoms with E-state index in [1.807, 2.05) is 0 Å². The quantitative estimate of drug-likeness (QED) is 0.569. The molecule has 0 bridgehead atoms. The Kier molecular flexibility index (Phi) is 6.22. The Morgan fingerprint density at radius 1 is 1.12 bits per heavy atom. The molecule has 0 radical (unpaired) electrons. The number of rotatable bonds is 4. The first-order valence-corrected chi connectivity index (χ1v) is 10.4. The van der Waals surface area contributed by atoms with E-state index in [9.17, 15) is 27.6 Å². The first kappa shape index (κ1) is 23.2. The van der Waals surface area contributed by atoms with E-state index >= 15 is 0 Å². The highest BCUT2D eigenvalue weighted by Gasteiger charge is 2.34. The van der Waals surface area contributed by atoms with Gasteiger partial charge in [0.05, 0.1) is 18.5 Å². The molecule has 2 aromatic carbocycles. The number of Topliss-reactive ketones (excluding diaryl/α,β-unsaturated/α-hetero) is 1. The van der Waals surface area contributed by atoms with Gasteiger partial charge in [0, 0.05) is 13.0 Å². The maximum atomic E-state index is 13.2. The number of ether oxygens (including phenoxy) is 2. The first-order chi connectivity index (χ1) is 16.2. The predicted octanol–water partition coefficient (Wildman–Crippen LogP) is 3.33. The molecule has 1 atom stereocenters. The molecule has 4 rings (SSSR count). The molecule has 3 aromatic rings. The van der Waals surface area contributed by atoms with E-state index in [0.717, 1.165) is 4.68 Å². The van der Waals surface area contributed by atoms with Crippen molar-refractivity contribution in [3.63, 3.8) is 0 Å². The SMILES string of the molecule is CCOC(=O)N1CCC(=O)C(n2nnc3ccc(-c4ccc(OC(F)(F)F)cc4)cc3c2=O)C1. The topological polar surface area (TPSA) is 104 Å². The van der Waals surface area contributed by atoms with E-state index < -0.39 is 24.1 Å². The molecule has 0 saturated carbocycles. The lowest BCUT2D eigenvalue weighted by Gasteiger charge is -2.30. The third kappa shape index (κ3) is 4.85. The van der Waals surface area contributed by atoms with E-state index in [0.29, 0.717) is 11.1 Å². The largest absolute Gasteiger partial charge is 0.573 e. The minimum atomic E-state index is -4.80. The van der Waals surface area contributed by atoms with Crippen molar-refractivity contribution in [2.45, 2.75) is 25.7 Å². The lowest BCUT2D eigenvalue weighted by atomic mass is 10.0. The second-order valence-corrected chi connectivity index (χ2v) is 7.52. The fourth-order valence-electron chi connectivity index (χ4n) is 3.70. The van der Waals surface area contributed by atoms with Gasteiger partial charge in [0.25, 0.3) is 5.56 Å². The van der Waals surface area contributed by atoms with Crippen LogP contribution in [0.5, 0.6) is 5.75 Å². The Bertz CT molecular complexity index is 1290. The fraction of sp³-hybridized carbons (Fsp3) is 0.318. The third-order valence-electron chi connectivity index (χ3n) is 5.32. The number of carbonyl (C=O) groups is 2. The molecule has 1 amide bonds. The van der Waals surface area contributed by atoms with Gasteiger partial charge in [-0.15, -0.1) is 18.3 Å². The molecule has 1 aromatic heterocycles. The Morgan fingerprint density at radius 2 is 1.82 bits per heavy atom. The number of amides is 1. The lowest BCUT2D eigenvalue weighted by molar-refractivity contribution is -0.274. The molecule has 1 aliphatic heterocycles. The van der Waals surface area contributed by atoms with Gasteiger partial charge in [-0.05, 0) is 42.3 Å². The van der Waals surface area contributed by atoms with Crippen LogP contribution in [0.4, 0.5) is 18.0 Å². The summed E-state index contributed by atoms with van der Waals surface area (Å²) >= 11 is 0. The summed E-state index contributed by atoms with van der Waals surface area (Å²) in [5.41, 5.74) is 0.799. The smallest absolute Gasteiger partial charge is 0.450 e. The average molecular weight is 476 g/mol. The van der Waals surface area contributed by atoms with E-state index in [2.05, 4.69) is 15.0 Å². The number of hydrogen-bond donors (Lipinski definition) is 0. The second-order valence-electron chi connectivity index (χ2n) is 7.52. The monoisotopic (exact) mass is 476 g/mol. The number of carbonyl (C=O) groups excluding carboxylic acids is 2. The molecule has 1 aliphatic rings. The highest BCUT2D eigenvalue weighted by Crippen LogP contribution is 2.27. The number of benzene rings is 2. The molecule has 12 heteroatoms. The molecule has 0 N–H and O–H groups in total. The van der Waals surface area contributed by atoms with Crippen LogP contribution in [0.1, 0.15) is 19.4 Å². The Hall–Kier alpha value is -3.96. The van der Waals surface area contributed by atoms with Gasteiger partial charge in [0.1, 0.15) is 17.3 Å². The molecule has 0 spiro atoms. The zero-order valence-electron chi connectivity index (χ0n) is 17.9. The third-order valence-corrected chi connectivity index (χ3v) is 5.32. The van der Waals surface area contributed by atoms with E-state index in [4.69, 9.17) is 4.74 Å². The maximum Gasteiger partial charge on any atom is 0.573 e. The van der Waals surface area contributed by atoms with Crippen molar-refractivity contribution in [1.82, 2.24) is 19.9 Å². The Labute approximate surface area is 190 Å². The molecular formula is C22H19F3N4O5. The summed E-state index contributed by atoms with van der Waals surface area (Å²) in [7, 11) is 0. The second kappa shape index (κ2) is 9.12. The molecule has 1 fully saturated rings. The molecule has 0 aliphatic carbocycles. The van der Waals surface area contributed by atoms with Crippen molar-refractivity contribution in [1.29, 1.82) is 0 Å². The number of halogens is 3. The minimum Gasteiger partial charge on any atom is -0.450 e. The molecule has 178 valence electrons. The molecular weight excluding hydrogens is 457 g/mol. The van der Waals surface area contributed by atoms with Crippen molar-refractivity contribution >= 4 is 22.8 Å². The van der Waals surface area contributed by atoms with Crippen molar-refractivity contribution in [2.24, 2.45) is 0 Å². The van der Waals surface area contributed by atoms with Crippen LogP contribution < -0.4 is 10.3 Å². The van der Waals surface area contributed by atoms with E-state index in [1.54, 1.807) is 19.1 Å². The van der Waals surface area contributed by atoms with Crippen LogP contribution in [0.2, 0.25) is 0 Å². The summed E-state index contributed by atoms with van der Waals surface area (Å²) < 4.78 is 47.0. The summed E-state index contributed by atoms with van der Waals surface area (Å²) in [6.45, 7) is 1.95. The molecule has 2 heterocycles. The van der Waals surface area contributed by atoms with Crippen LogP contribution in [-0.4, -0.2) is 57.8 Å². The average Bonchev–Trinajstić information content (AvgIpc) is 2.79. The lowest BCUT2D eigenvalue weighted by Crippen LogP contribution is -2.48. The van der Waals surface area contributed by atoms with Crippen molar-refractivity contribution in [3.05, 3.63) is 52.8 Å². The number of piperidine rings is 1. The summed E-state index contributed by atoms with van der Waals surface area (Å²) in [6, 6.07) is 8.91. The molecule has 34 heavy (non-hydrogen) atoms. The number of likely N-dealkylation sites (tertiary alicyclic amines) is 1. The number of alkyl halides is 3. The van der Waals surface area contributed by atoms with Crippen LogP contribution in [0.15, 0.2) is 47.3 Å². The summed E-state index contributed by atoms with van der Waals surface area (Å²) in [4.78, 5) is 39.1. The standard InChI is InChI=1S/C22H19F3N4O5/c1-2-33-21(32)28-10-9-19(30)18(12-28)29-20(31)16-11-14(5-8-17(16)26-27-29)13-3-6-15(7-4-13)34-22(23,24)25/h3-8,11,18H,2,9-10,12H2,1H3. The fourth-order valence-corrected chi connectivity index (χ4v) is 3.70. The van der Waals surface area contributed by atoms with Crippen LogP contribution in [0.25, 0.3) is 22.0 Å². The van der Waals surface area contributed by atoms with Crippen LogP contribution in [0, 0.1) is 0 Å². The predicted molar refractivity (Wildman–Crippen MR) is 113 cm³/mol. The summed E-state index contributed by atoms with van der Waals surface area (Å²) in [5.74, 6) is -0.625. The minimum absolute atomic E-state index is 0.0437. The zero-order valence-corrected chi connectivity index (χ0v) is 17.9. The van der Waals surface area contributed by atoms with Gasteiger partial charge < -0.3 is 14.4 Å². The van der Waals surface area contributed by atoms with Gasteiger partial charge in [-0.25, -0.2) is 4.79 Å². The highest BCUT2D eigenvalue weighted by atomic mass is 19.4.